The van der Waals surface area contributed by atoms with Crippen LogP contribution in [0.4, 0.5) is 0 Å². The molecule has 7 heteroatoms. The number of carbonyl (C=O) groups excluding carboxylic acids is 1. The predicted molar refractivity (Wildman–Crippen MR) is 110 cm³/mol. The summed E-state index contributed by atoms with van der Waals surface area (Å²) in [5.41, 5.74) is 6.70. The molecule has 2 fully saturated rings. The van der Waals surface area contributed by atoms with Gasteiger partial charge in [-0.15, -0.1) is 12.4 Å². The van der Waals surface area contributed by atoms with Crippen LogP contribution in [0.25, 0.3) is 0 Å². The lowest BCUT2D eigenvalue weighted by molar-refractivity contribution is -0.149. The van der Waals surface area contributed by atoms with Gasteiger partial charge in [0, 0.05) is 37.9 Å². The van der Waals surface area contributed by atoms with Crippen LogP contribution >= 0.6 is 24.0 Å². The Labute approximate surface area is 172 Å². The summed E-state index contributed by atoms with van der Waals surface area (Å²) >= 11 is 6.16. The molecule has 0 bridgehead atoms. The average Bonchev–Trinajstić information content (AvgIpc) is 2.68. The molecule has 2 saturated heterocycles. The summed E-state index contributed by atoms with van der Waals surface area (Å²) in [5, 5.41) is 0.717. The highest BCUT2D eigenvalue weighted by atomic mass is 35.5. The SMILES string of the molecule is COc1ccc(Cl)cc1CC1CCCN(C(=O)C2(CN)CCOCC2)C1.Cl. The second kappa shape index (κ2) is 9.97. The number of methoxy groups -OCH3 is 1. The fourth-order valence-electron chi connectivity index (χ4n) is 4.24. The predicted octanol–water partition coefficient (Wildman–Crippen LogP) is 3.31. The summed E-state index contributed by atoms with van der Waals surface area (Å²) in [5.74, 6) is 1.49. The Bertz CT molecular complexity index is 636. The zero-order valence-corrected chi connectivity index (χ0v) is 17.5. The Balaban J connectivity index is 0.00000261. The molecular weight excluding hydrogens is 387 g/mol. The first-order valence-corrected chi connectivity index (χ1v) is 9.85. The molecule has 0 radical (unpaired) electrons. The van der Waals surface area contributed by atoms with Crippen LogP contribution in [-0.4, -0.2) is 50.8 Å². The van der Waals surface area contributed by atoms with E-state index in [2.05, 4.69) is 0 Å². The molecule has 1 amide bonds. The van der Waals surface area contributed by atoms with Crippen LogP contribution in [0.5, 0.6) is 5.75 Å². The van der Waals surface area contributed by atoms with Crippen molar-refractivity contribution in [2.75, 3.05) is 40.0 Å². The molecule has 2 N–H and O–H groups in total. The third-order valence-corrected chi connectivity index (χ3v) is 6.09. The minimum Gasteiger partial charge on any atom is -0.496 e. The molecule has 1 aromatic carbocycles. The summed E-state index contributed by atoms with van der Waals surface area (Å²) in [6, 6.07) is 5.73. The Kier molecular flexibility index (Phi) is 8.22. The van der Waals surface area contributed by atoms with Crippen molar-refractivity contribution in [1.29, 1.82) is 0 Å². The van der Waals surface area contributed by atoms with Gasteiger partial charge in [0.1, 0.15) is 5.75 Å². The van der Waals surface area contributed by atoms with Crippen molar-refractivity contribution >= 4 is 29.9 Å². The van der Waals surface area contributed by atoms with Gasteiger partial charge in [0.25, 0.3) is 0 Å². The Morgan fingerprint density at radius 3 is 2.81 bits per heavy atom. The normalized spacial score (nSPS) is 22.0. The van der Waals surface area contributed by atoms with E-state index in [9.17, 15) is 4.79 Å². The highest BCUT2D eigenvalue weighted by Gasteiger charge is 2.42. The minimum atomic E-state index is -0.437. The van der Waals surface area contributed by atoms with Crippen LogP contribution in [0.1, 0.15) is 31.2 Å². The van der Waals surface area contributed by atoms with E-state index in [1.54, 1.807) is 7.11 Å². The Morgan fingerprint density at radius 2 is 2.15 bits per heavy atom. The van der Waals surface area contributed by atoms with Gasteiger partial charge in [0.05, 0.1) is 12.5 Å². The van der Waals surface area contributed by atoms with Crippen molar-refractivity contribution in [3.8, 4) is 5.75 Å². The number of nitrogens with zero attached hydrogens (tertiary/aromatic N) is 1. The van der Waals surface area contributed by atoms with Gasteiger partial charge in [-0.3, -0.25) is 4.79 Å². The van der Waals surface area contributed by atoms with Crippen LogP contribution in [0, 0.1) is 11.3 Å². The van der Waals surface area contributed by atoms with Crippen molar-refractivity contribution in [3.63, 3.8) is 0 Å². The van der Waals surface area contributed by atoms with Crippen molar-refractivity contribution in [2.24, 2.45) is 17.1 Å². The number of likely N-dealkylation sites (tertiary alicyclic amines) is 1. The van der Waals surface area contributed by atoms with Crippen molar-refractivity contribution in [3.05, 3.63) is 28.8 Å². The fraction of sp³-hybridized carbons (Fsp3) is 0.650. The van der Waals surface area contributed by atoms with Gasteiger partial charge in [-0.1, -0.05) is 11.6 Å². The zero-order chi connectivity index (χ0) is 18.6. The van der Waals surface area contributed by atoms with Crippen LogP contribution in [0.3, 0.4) is 0 Å². The number of hydrogen-bond acceptors (Lipinski definition) is 4. The zero-order valence-electron chi connectivity index (χ0n) is 15.9. The van der Waals surface area contributed by atoms with E-state index in [1.807, 2.05) is 23.1 Å². The number of nitrogens with two attached hydrogens (primary N) is 1. The first-order valence-electron chi connectivity index (χ1n) is 9.47. The molecule has 3 rings (SSSR count). The average molecular weight is 417 g/mol. The highest BCUT2D eigenvalue weighted by Crippen LogP contribution is 2.34. The Morgan fingerprint density at radius 1 is 1.41 bits per heavy atom. The molecule has 27 heavy (non-hydrogen) atoms. The summed E-state index contributed by atoms with van der Waals surface area (Å²) in [6.07, 6.45) is 4.46. The van der Waals surface area contributed by atoms with Crippen LogP contribution in [0.2, 0.25) is 5.02 Å². The molecule has 5 nitrogen and oxygen atoms in total. The van der Waals surface area contributed by atoms with E-state index in [-0.39, 0.29) is 18.3 Å². The van der Waals surface area contributed by atoms with Crippen molar-refractivity contribution in [2.45, 2.75) is 32.1 Å². The van der Waals surface area contributed by atoms with E-state index < -0.39 is 5.41 Å². The third-order valence-electron chi connectivity index (χ3n) is 5.85. The van der Waals surface area contributed by atoms with E-state index >= 15 is 0 Å². The molecule has 0 aliphatic carbocycles. The van der Waals surface area contributed by atoms with Gasteiger partial charge in [0.15, 0.2) is 0 Å². The maximum Gasteiger partial charge on any atom is 0.230 e. The van der Waals surface area contributed by atoms with Gasteiger partial charge in [0.2, 0.25) is 5.91 Å². The Hall–Kier alpha value is -1.01. The maximum absolute atomic E-state index is 13.2. The molecular formula is C20H30Cl2N2O3. The smallest absolute Gasteiger partial charge is 0.230 e. The lowest BCUT2D eigenvalue weighted by Gasteiger charge is -2.42. The van der Waals surface area contributed by atoms with Crippen molar-refractivity contribution < 1.29 is 14.3 Å². The number of benzene rings is 1. The lowest BCUT2D eigenvalue weighted by atomic mass is 9.78. The molecule has 1 atom stereocenters. The van der Waals surface area contributed by atoms with Gasteiger partial charge >= 0.3 is 0 Å². The summed E-state index contributed by atoms with van der Waals surface area (Å²) in [7, 11) is 1.68. The molecule has 0 saturated carbocycles. The van der Waals surface area contributed by atoms with Gasteiger partial charge in [-0.25, -0.2) is 0 Å². The van der Waals surface area contributed by atoms with Gasteiger partial charge < -0.3 is 20.1 Å². The number of ether oxygens (including phenoxy) is 2. The standard InChI is InChI=1S/C20H29ClN2O3.ClH/c1-25-18-5-4-17(21)12-16(18)11-15-3-2-8-23(13-15)19(24)20(14-22)6-9-26-10-7-20;/h4-5,12,15H,2-3,6-11,13-14,22H2,1H3;1H. The molecule has 0 aromatic heterocycles. The molecule has 2 heterocycles. The van der Waals surface area contributed by atoms with E-state index in [0.29, 0.717) is 30.7 Å². The summed E-state index contributed by atoms with van der Waals surface area (Å²) in [6.45, 7) is 3.25. The molecule has 2 aliphatic heterocycles. The van der Waals surface area contributed by atoms with Crippen molar-refractivity contribution in [1.82, 2.24) is 4.90 Å². The molecule has 0 spiro atoms. The first-order chi connectivity index (χ1) is 12.6. The topological polar surface area (TPSA) is 64.8 Å². The molecule has 2 aliphatic rings. The van der Waals surface area contributed by atoms with Crippen LogP contribution < -0.4 is 10.5 Å². The number of carbonyl (C=O) groups is 1. The van der Waals surface area contributed by atoms with Gasteiger partial charge in [-0.05, 0) is 61.8 Å². The number of halogens is 2. The quantitative estimate of drug-likeness (QED) is 0.799. The van der Waals surface area contributed by atoms with Crippen LogP contribution in [0.15, 0.2) is 18.2 Å². The van der Waals surface area contributed by atoms with Crippen LogP contribution in [-0.2, 0) is 16.0 Å². The van der Waals surface area contributed by atoms with E-state index in [4.69, 9.17) is 26.8 Å². The largest absolute Gasteiger partial charge is 0.496 e. The second-order valence-electron chi connectivity index (χ2n) is 7.52. The monoisotopic (exact) mass is 416 g/mol. The summed E-state index contributed by atoms with van der Waals surface area (Å²) in [4.78, 5) is 15.3. The van der Waals surface area contributed by atoms with Gasteiger partial charge in [-0.2, -0.15) is 0 Å². The molecule has 1 unspecified atom stereocenters. The number of hydrogen-bond donors (Lipinski definition) is 1. The number of amides is 1. The fourth-order valence-corrected chi connectivity index (χ4v) is 4.43. The lowest BCUT2D eigenvalue weighted by Crippen LogP contribution is -2.53. The molecule has 1 aromatic rings. The molecule has 152 valence electrons. The highest BCUT2D eigenvalue weighted by molar-refractivity contribution is 6.30. The van der Waals surface area contributed by atoms with E-state index in [0.717, 1.165) is 56.5 Å². The number of piperidine rings is 1. The summed E-state index contributed by atoms with van der Waals surface area (Å²) < 4.78 is 10.9. The van der Waals surface area contributed by atoms with E-state index in [1.165, 1.54) is 0 Å². The maximum atomic E-state index is 13.2. The number of rotatable bonds is 5. The first kappa shape index (κ1) is 22.3. The third kappa shape index (κ3) is 5.08. The second-order valence-corrected chi connectivity index (χ2v) is 7.95. The minimum absolute atomic E-state index is 0.